The third-order valence-electron chi connectivity index (χ3n) is 4.24. The number of amides is 1. The van der Waals surface area contributed by atoms with E-state index in [2.05, 4.69) is 22.4 Å². The predicted octanol–water partition coefficient (Wildman–Crippen LogP) is 2.79. The minimum absolute atomic E-state index is 0.0895. The minimum atomic E-state index is -0.527. The van der Waals surface area contributed by atoms with Crippen LogP contribution in [0.15, 0.2) is 60.8 Å². The van der Waals surface area contributed by atoms with Crippen molar-refractivity contribution in [3.8, 4) is 0 Å². The Labute approximate surface area is 142 Å². The Morgan fingerprint density at radius 3 is 2.67 bits per heavy atom. The quantitative estimate of drug-likeness (QED) is 0.586. The molecule has 1 aromatic heterocycles. The third kappa shape index (κ3) is 4.03. The summed E-state index contributed by atoms with van der Waals surface area (Å²) in [6.07, 6.45) is 4.34. The molecule has 124 valence electrons. The maximum Gasteiger partial charge on any atom is 0.237 e. The summed E-state index contributed by atoms with van der Waals surface area (Å²) >= 11 is 0. The van der Waals surface area contributed by atoms with E-state index in [0.29, 0.717) is 13.0 Å². The van der Waals surface area contributed by atoms with Gasteiger partial charge in [-0.15, -0.1) is 0 Å². The van der Waals surface area contributed by atoms with Gasteiger partial charge in [0.05, 0.1) is 6.04 Å². The van der Waals surface area contributed by atoms with Crippen LogP contribution in [0.4, 0.5) is 0 Å². The summed E-state index contributed by atoms with van der Waals surface area (Å²) in [5, 5.41) is 4.07. The van der Waals surface area contributed by atoms with E-state index in [1.165, 1.54) is 5.56 Å². The Morgan fingerprint density at radius 2 is 1.83 bits per heavy atom. The topological polar surface area (TPSA) is 70.9 Å². The van der Waals surface area contributed by atoms with Crippen molar-refractivity contribution in [1.82, 2.24) is 10.3 Å². The van der Waals surface area contributed by atoms with Crippen molar-refractivity contribution in [2.45, 2.75) is 25.3 Å². The molecule has 3 rings (SSSR count). The lowest BCUT2D eigenvalue weighted by Gasteiger charge is -2.12. The molecule has 0 saturated heterocycles. The Morgan fingerprint density at radius 1 is 1.08 bits per heavy atom. The minimum Gasteiger partial charge on any atom is -0.361 e. The van der Waals surface area contributed by atoms with Gasteiger partial charge in [-0.3, -0.25) is 4.79 Å². The molecule has 4 nitrogen and oxygen atoms in total. The number of para-hydroxylation sites is 1. The maximum absolute atomic E-state index is 12.2. The first-order valence-corrected chi connectivity index (χ1v) is 8.36. The second kappa shape index (κ2) is 7.79. The molecule has 4 heteroatoms. The van der Waals surface area contributed by atoms with Crippen LogP contribution >= 0.6 is 0 Å². The van der Waals surface area contributed by atoms with E-state index < -0.39 is 6.04 Å². The van der Waals surface area contributed by atoms with Gasteiger partial charge < -0.3 is 16.0 Å². The molecule has 24 heavy (non-hydrogen) atoms. The summed E-state index contributed by atoms with van der Waals surface area (Å²) in [6.45, 7) is 0.648. The van der Waals surface area contributed by atoms with Crippen LogP contribution < -0.4 is 11.1 Å². The molecule has 2 aromatic carbocycles. The van der Waals surface area contributed by atoms with Crippen molar-refractivity contribution in [2.75, 3.05) is 6.54 Å². The normalized spacial score (nSPS) is 12.2. The zero-order chi connectivity index (χ0) is 16.8. The Kier molecular flexibility index (Phi) is 5.29. The largest absolute Gasteiger partial charge is 0.361 e. The van der Waals surface area contributed by atoms with Gasteiger partial charge in [-0.2, -0.15) is 0 Å². The molecule has 1 atom stereocenters. The predicted molar refractivity (Wildman–Crippen MR) is 97.8 cm³/mol. The van der Waals surface area contributed by atoms with E-state index in [-0.39, 0.29) is 5.91 Å². The molecular formula is C20H23N3O. The summed E-state index contributed by atoms with van der Waals surface area (Å²) in [5.41, 5.74) is 9.51. The zero-order valence-electron chi connectivity index (χ0n) is 13.7. The number of aryl methyl sites for hydroxylation is 1. The van der Waals surface area contributed by atoms with Crippen LogP contribution in [0.5, 0.6) is 0 Å². The number of hydrogen-bond acceptors (Lipinski definition) is 2. The number of benzene rings is 2. The highest BCUT2D eigenvalue weighted by Crippen LogP contribution is 2.18. The summed E-state index contributed by atoms with van der Waals surface area (Å²) in [7, 11) is 0. The molecule has 0 aliphatic rings. The fourth-order valence-electron chi connectivity index (χ4n) is 2.91. The first-order chi connectivity index (χ1) is 11.7. The highest BCUT2D eigenvalue weighted by atomic mass is 16.2. The SMILES string of the molecule is NC(Cc1c[nH]c2ccccc12)C(=O)NCCCc1ccccc1. The smallest absolute Gasteiger partial charge is 0.237 e. The standard InChI is InChI=1S/C20H23N3O/c21-18(13-16-14-23-19-11-5-4-10-17(16)19)20(24)22-12-6-9-15-7-2-1-3-8-15/h1-5,7-8,10-11,14,18,23H,6,9,12-13,21H2,(H,22,24). The second-order valence-corrected chi connectivity index (χ2v) is 6.05. The number of hydrogen-bond donors (Lipinski definition) is 3. The van der Waals surface area contributed by atoms with Crippen molar-refractivity contribution < 1.29 is 4.79 Å². The number of nitrogens with two attached hydrogens (primary N) is 1. The average molecular weight is 321 g/mol. The second-order valence-electron chi connectivity index (χ2n) is 6.05. The van der Waals surface area contributed by atoms with Gasteiger partial charge in [0.1, 0.15) is 0 Å². The van der Waals surface area contributed by atoms with Crippen LogP contribution in [0.3, 0.4) is 0 Å². The highest BCUT2D eigenvalue weighted by Gasteiger charge is 2.15. The van der Waals surface area contributed by atoms with Crippen molar-refractivity contribution in [2.24, 2.45) is 5.73 Å². The molecule has 0 bridgehead atoms. The molecular weight excluding hydrogens is 298 g/mol. The Hall–Kier alpha value is -2.59. The van der Waals surface area contributed by atoms with E-state index in [1.807, 2.05) is 48.7 Å². The van der Waals surface area contributed by atoms with E-state index in [0.717, 1.165) is 29.3 Å². The first-order valence-electron chi connectivity index (χ1n) is 8.36. The number of nitrogens with one attached hydrogen (secondary N) is 2. The van der Waals surface area contributed by atoms with Crippen LogP contribution in [0.2, 0.25) is 0 Å². The van der Waals surface area contributed by atoms with E-state index in [1.54, 1.807) is 0 Å². The summed E-state index contributed by atoms with van der Waals surface area (Å²) in [6, 6.07) is 17.8. The first kappa shape index (κ1) is 16.3. The lowest BCUT2D eigenvalue weighted by Crippen LogP contribution is -2.42. The van der Waals surface area contributed by atoms with Crippen LogP contribution in [0.1, 0.15) is 17.5 Å². The molecule has 0 saturated carbocycles. The number of aromatic nitrogens is 1. The highest BCUT2D eigenvalue weighted by molar-refractivity contribution is 5.86. The van der Waals surface area contributed by atoms with Crippen molar-refractivity contribution >= 4 is 16.8 Å². The summed E-state index contributed by atoms with van der Waals surface area (Å²) in [5.74, 6) is -0.0895. The van der Waals surface area contributed by atoms with Crippen molar-refractivity contribution in [1.29, 1.82) is 0 Å². The van der Waals surface area contributed by atoms with E-state index in [4.69, 9.17) is 5.73 Å². The maximum atomic E-state index is 12.2. The van der Waals surface area contributed by atoms with Crippen LogP contribution in [0.25, 0.3) is 10.9 Å². The third-order valence-corrected chi connectivity index (χ3v) is 4.24. The average Bonchev–Trinajstić information content (AvgIpc) is 3.02. The monoisotopic (exact) mass is 321 g/mol. The fourth-order valence-corrected chi connectivity index (χ4v) is 2.91. The summed E-state index contributed by atoms with van der Waals surface area (Å²) in [4.78, 5) is 15.4. The van der Waals surface area contributed by atoms with Gasteiger partial charge >= 0.3 is 0 Å². The van der Waals surface area contributed by atoms with Crippen LogP contribution in [-0.2, 0) is 17.6 Å². The van der Waals surface area contributed by atoms with Gasteiger partial charge in [-0.1, -0.05) is 48.5 Å². The number of rotatable bonds is 7. The number of carbonyl (C=O) groups excluding carboxylic acids is 1. The molecule has 1 unspecified atom stereocenters. The van der Waals surface area contributed by atoms with Gasteiger partial charge in [0, 0.05) is 23.6 Å². The number of fused-ring (bicyclic) bond motifs is 1. The number of carbonyl (C=O) groups is 1. The summed E-state index contributed by atoms with van der Waals surface area (Å²) < 4.78 is 0. The van der Waals surface area contributed by atoms with Gasteiger partial charge in [-0.25, -0.2) is 0 Å². The molecule has 0 fully saturated rings. The fraction of sp³-hybridized carbons (Fsp3) is 0.250. The molecule has 0 spiro atoms. The van der Waals surface area contributed by atoms with E-state index >= 15 is 0 Å². The Bertz CT molecular complexity index is 795. The van der Waals surface area contributed by atoms with Crippen LogP contribution in [0, 0.1) is 0 Å². The Balaban J connectivity index is 1.46. The van der Waals surface area contributed by atoms with E-state index in [9.17, 15) is 4.79 Å². The number of aromatic amines is 1. The lowest BCUT2D eigenvalue weighted by atomic mass is 10.0. The molecule has 4 N–H and O–H groups in total. The van der Waals surface area contributed by atoms with Gasteiger partial charge in [0.2, 0.25) is 5.91 Å². The molecule has 0 aliphatic heterocycles. The molecule has 3 aromatic rings. The molecule has 0 radical (unpaired) electrons. The van der Waals surface area contributed by atoms with Crippen molar-refractivity contribution in [3.63, 3.8) is 0 Å². The van der Waals surface area contributed by atoms with Crippen LogP contribution in [-0.4, -0.2) is 23.5 Å². The van der Waals surface area contributed by atoms with Gasteiger partial charge in [0.15, 0.2) is 0 Å². The van der Waals surface area contributed by atoms with Gasteiger partial charge in [-0.05, 0) is 36.5 Å². The zero-order valence-corrected chi connectivity index (χ0v) is 13.7. The van der Waals surface area contributed by atoms with Gasteiger partial charge in [0.25, 0.3) is 0 Å². The van der Waals surface area contributed by atoms with Crippen molar-refractivity contribution in [3.05, 3.63) is 71.9 Å². The lowest BCUT2D eigenvalue weighted by molar-refractivity contribution is -0.122. The number of H-pyrrole nitrogens is 1. The molecule has 1 heterocycles. The molecule has 0 aliphatic carbocycles. The molecule has 1 amide bonds.